The summed E-state index contributed by atoms with van der Waals surface area (Å²) in [6, 6.07) is 1.85. The first-order valence-electron chi connectivity index (χ1n) is 6.09. The average Bonchev–Trinajstić information content (AvgIpc) is 2.90. The van der Waals surface area contributed by atoms with Crippen LogP contribution in [0.2, 0.25) is 0 Å². The Bertz CT molecular complexity index is 649. The second-order valence-corrected chi connectivity index (χ2v) is 4.73. The molecule has 3 heterocycles. The number of nitrogens with zero attached hydrogens (tertiary/aromatic N) is 4. The zero-order valence-electron chi connectivity index (χ0n) is 10.5. The Morgan fingerprint density at radius 2 is 2.32 bits per heavy atom. The summed E-state index contributed by atoms with van der Waals surface area (Å²) in [5, 5.41) is 13.7. The molecule has 2 aromatic heterocycles. The number of nitrogens with two attached hydrogens (primary N) is 2. The molecule has 1 unspecified atom stereocenters. The molecular weight excluding hydrogens is 244 g/mol. The van der Waals surface area contributed by atoms with Crippen LogP contribution in [0.4, 0.5) is 11.6 Å². The van der Waals surface area contributed by atoms with Gasteiger partial charge in [-0.15, -0.1) is 5.10 Å². The third-order valence-corrected chi connectivity index (χ3v) is 3.31. The van der Waals surface area contributed by atoms with Crippen molar-refractivity contribution >= 4 is 23.0 Å². The maximum Gasteiger partial charge on any atom is 0.168 e. The van der Waals surface area contributed by atoms with Gasteiger partial charge >= 0.3 is 0 Å². The van der Waals surface area contributed by atoms with Crippen LogP contribution in [-0.2, 0) is 0 Å². The molecule has 1 fully saturated rings. The molecular formula is C12H16N6O. The molecule has 0 radical (unpaired) electrons. The zero-order chi connectivity index (χ0) is 13.6. The molecule has 0 spiro atoms. The monoisotopic (exact) mass is 260 g/mol. The number of anilines is 2. The van der Waals surface area contributed by atoms with Gasteiger partial charge in [-0.05, 0) is 12.5 Å². The van der Waals surface area contributed by atoms with Gasteiger partial charge in [0, 0.05) is 25.0 Å². The number of hydrogen-bond acceptors (Lipinski definition) is 6. The molecule has 1 aliphatic heterocycles. The van der Waals surface area contributed by atoms with Crippen LogP contribution in [0, 0.1) is 0 Å². The van der Waals surface area contributed by atoms with Crippen LogP contribution in [0.5, 0.6) is 0 Å². The summed E-state index contributed by atoms with van der Waals surface area (Å²) in [7, 11) is 0. The molecule has 100 valence electrons. The Kier molecular flexibility index (Phi) is 2.56. The standard InChI is InChI=1S/C12H16N6O/c1-7(13)10-11(14)16-18-5-3-9(15-12(10)18)17-4-2-8(19)6-17/h3,5,8,19H,1-2,4,6,13H2,(H2,14,16). The van der Waals surface area contributed by atoms with Gasteiger partial charge in [-0.3, -0.25) is 0 Å². The quantitative estimate of drug-likeness (QED) is 0.691. The van der Waals surface area contributed by atoms with Crippen LogP contribution in [0.1, 0.15) is 12.0 Å². The molecule has 1 saturated heterocycles. The highest BCUT2D eigenvalue weighted by Crippen LogP contribution is 2.24. The highest BCUT2D eigenvalue weighted by molar-refractivity contribution is 5.81. The van der Waals surface area contributed by atoms with E-state index >= 15 is 0 Å². The number of aliphatic hydroxyl groups excluding tert-OH is 1. The molecule has 19 heavy (non-hydrogen) atoms. The topological polar surface area (TPSA) is 106 Å². The second kappa shape index (κ2) is 4.13. The van der Waals surface area contributed by atoms with Gasteiger partial charge < -0.3 is 21.5 Å². The van der Waals surface area contributed by atoms with Crippen LogP contribution in [-0.4, -0.2) is 38.9 Å². The van der Waals surface area contributed by atoms with Gasteiger partial charge in [0.2, 0.25) is 0 Å². The molecule has 1 atom stereocenters. The average molecular weight is 260 g/mol. The zero-order valence-corrected chi connectivity index (χ0v) is 10.5. The first-order valence-corrected chi connectivity index (χ1v) is 6.09. The van der Waals surface area contributed by atoms with Crippen molar-refractivity contribution in [3.63, 3.8) is 0 Å². The fourth-order valence-corrected chi connectivity index (χ4v) is 2.37. The Morgan fingerprint density at radius 3 is 2.95 bits per heavy atom. The largest absolute Gasteiger partial charge is 0.398 e. The minimum atomic E-state index is -0.294. The van der Waals surface area contributed by atoms with Crippen molar-refractivity contribution in [1.29, 1.82) is 0 Å². The molecule has 0 aromatic carbocycles. The smallest absolute Gasteiger partial charge is 0.168 e. The van der Waals surface area contributed by atoms with E-state index in [1.165, 1.54) is 0 Å². The summed E-state index contributed by atoms with van der Waals surface area (Å²) in [4.78, 5) is 6.55. The lowest BCUT2D eigenvalue weighted by atomic mass is 10.2. The Morgan fingerprint density at radius 1 is 1.53 bits per heavy atom. The van der Waals surface area contributed by atoms with Crippen molar-refractivity contribution in [3.8, 4) is 0 Å². The minimum absolute atomic E-state index is 0.294. The summed E-state index contributed by atoms with van der Waals surface area (Å²) >= 11 is 0. The lowest BCUT2D eigenvalue weighted by Crippen LogP contribution is -2.22. The number of rotatable bonds is 2. The first kappa shape index (κ1) is 11.8. The summed E-state index contributed by atoms with van der Waals surface area (Å²) in [6.07, 6.45) is 2.24. The van der Waals surface area contributed by atoms with Crippen molar-refractivity contribution in [2.24, 2.45) is 5.73 Å². The Labute approximate surface area is 110 Å². The van der Waals surface area contributed by atoms with Crippen molar-refractivity contribution in [3.05, 3.63) is 24.4 Å². The van der Waals surface area contributed by atoms with Gasteiger partial charge in [0.25, 0.3) is 0 Å². The maximum atomic E-state index is 9.58. The molecule has 1 aliphatic rings. The van der Waals surface area contributed by atoms with Gasteiger partial charge in [0.15, 0.2) is 11.5 Å². The highest BCUT2D eigenvalue weighted by atomic mass is 16.3. The molecule has 0 aliphatic carbocycles. The molecule has 7 nitrogen and oxygen atoms in total. The van der Waals surface area contributed by atoms with Gasteiger partial charge in [0.1, 0.15) is 5.82 Å². The van der Waals surface area contributed by atoms with E-state index in [1.807, 2.05) is 11.0 Å². The number of aromatic nitrogens is 3. The molecule has 7 heteroatoms. The van der Waals surface area contributed by atoms with Crippen molar-refractivity contribution in [2.45, 2.75) is 12.5 Å². The van der Waals surface area contributed by atoms with E-state index in [0.717, 1.165) is 18.8 Å². The molecule has 0 amide bonds. The summed E-state index contributed by atoms with van der Waals surface area (Å²) in [6.45, 7) is 5.07. The van der Waals surface area contributed by atoms with Gasteiger partial charge in [-0.2, -0.15) is 0 Å². The number of aliphatic hydroxyl groups is 1. The summed E-state index contributed by atoms with van der Waals surface area (Å²) in [5.74, 6) is 1.10. The molecule has 0 saturated carbocycles. The van der Waals surface area contributed by atoms with Gasteiger partial charge in [0.05, 0.1) is 11.7 Å². The summed E-state index contributed by atoms with van der Waals surface area (Å²) < 4.78 is 1.58. The van der Waals surface area contributed by atoms with E-state index in [2.05, 4.69) is 16.7 Å². The predicted octanol–water partition coefficient (Wildman–Crippen LogP) is -0.188. The Balaban J connectivity index is 2.09. The van der Waals surface area contributed by atoms with E-state index < -0.39 is 0 Å². The van der Waals surface area contributed by atoms with E-state index in [9.17, 15) is 5.11 Å². The van der Waals surface area contributed by atoms with Crippen LogP contribution in [0.25, 0.3) is 11.3 Å². The molecule has 5 N–H and O–H groups in total. The van der Waals surface area contributed by atoms with E-state index in [0.29, 0.717) is 29.3 Å². The lowest BCUT2D eigenvalue weighted by Gasteiger charge is -2.16. The van der Waals surface area contributed by atoms with Crippen LogP contribution in [0.15, 0.2) is 18.8 Å². The predicted molar refractivity (Wildman–Crippen MR) is 73.5 cm³/mol. The van der Waals surface area contributed by atoms with Crippen LogP contribution in [0.3, 0.4) is 0 Å². The summed E-state index contributed by atoms with van der Waals surface area (Å²) in [5.41, 5.74) is 13.0. The first-order chi connectivity index (χ1) is 9.06. The fraction of sp³-hybridized carbons (Fsp3) is 0.333. The van der Waals surface area contributed by atoms with E-state index in [4.69, 9.17) is 11.5 Å². The second-order valence-electron chi connectivity index (χ2n) is 4.73. The molecule has 2 aromatic rings. The van der Waals surface area contributed by atoms with Crippen molar-refractivity contribution < 1.29 is 5.11 Å². The highest BCUT2D eigenvalue weighted by Gasteiger charge is 2.22. The van der Waals surface area contributed by atoms with Crippen molar-refractivity contribution in [2.75, 3.05) is 23.7 Å². The maximum absolute atomic E-state index is 9.58. The van der Waals surface area contributed by atoms with E-state index in [-0.39, 0.29) is 6.10 Å². The number of hydrogen-bond donors (Lipinski definition) is 3. The third kappa shape index (κ3) is 1.88. The van der Waals surface area contributed by atoms with Gasteiger partial charge in [-0.1, -0.05) is 6.58 Å². The normalized spacial score (nSPS) is 19.2. The number of β-amino-alcohol motifs (C(OH)–C–C–N with tert-alkyl or cyclic N) is 1. The number of nitrogen functional groups attached to an aromatic ring is 1. The van der Waals surface area contributed by atoms with Crippen LogP contribution >= 0.6 is 0 Å². The molecule has 0 bridgehead atoms. The minimum Gasteiger partial charge on any atom is -0.398 e. The third-order valence-electron chi connectivity index (χ3n) is 3.31. The SMILES string of the molecule is C=C(N)c1c(N)nn2ccc(N3CCC(O)C3)nc12. The molecule has 3 rings (SSSR count). The Hall–Kier alpha value is -2.28. The fourth-order valence-electron chi connectivity index (χ4n) is 2.37. The lowest BCUT2D eigenvalue weighted by molar-refractivity contribution is 0.198. The van der Waals surface area contributed by atoms with E-state index in [1.54, 1.807) is 10.7 Å². The van der Waals surface area contributed by atoms with Gasteiger partial charge in [-0.25, -0.2) is 9.50 Å². The van der Waals surface area contributed by atoms with Crippen LogP contribution < -0.4 is 16.4 Å². The van der Waals surface area contributed by atoms with Crippen molar-refractivity contribution in [1.82, 2.24) is 14.6 Å². The number of fused-ring (bicyclic) bond motifs is 1.